The van der Waals surface area contributed by atoms with Crippen molar-refractivity contribution in [2.75, 3.05) is 13.2 Å². The first-order chi connectivity index (χ1) is 7.31. The summed E-state index contributed by atoms with van der Waals surface area (Å²) in [6.07, 6.45) is -2.11. The molecule has 0 aromatic heterocycles. The Kier molecular flexibility index (Phi) is 9.26. The van der Waals surface area contributed by atoms with Crippen LogP contribution in [0.15, 0.2) is 0 Å². The van der Waals surface area contributed by atoms with Crippen LogP contribution in [-0.4, -0.2) is 57.1 Å². The van der Waals surface area contributed by atoms with E-state index in [4.69, 9.17) is 15.3 Å². The van der Waals surface area contributed by atoms with Crippen LogP contribution in [0.3, 0.4) is 0 Å². The van der Waals surface area contributed by atoms with Crippen LogP contribution in [0, 0.1) is 0 Å². The fourth-order valence-corrected chi connectivity index (χ4v) is 0.913. The molecule has 0 saturated carbocycles. The molecule has 94 valence electrons. The molecule has 0 aromatic carbocycles. The summed E-state index contributed by atoms with van der Waals surface area (Å²) in [4.78, 5) is 31.8. The average Bonchev–Trinajstić information content (AvgIpc) is 2.12. The zero-order valence-electron chi connectivity index (χ0n) is 10.3. The zero-order chi connectivity index (χ0) is 12.8. The fourth-order valence-electron chi connectivity index (χ4n) is 0.913. The summed E-state index contributed by atoms with van der Waals surface area (Å²) in [5.41, 5.74) is -2.70. The van der Waals surface area contributed by atoms with Gasteiger partial charge in [-0.3, -0.25) is 9.59 Å². The van der Waals surface area contributed by atoms with E-state index in [1.165, 1.54) is 0 Å². The van der Waals surface area contributed by atoms with Crippen LogP contribution < -0.4 is 29.6 Å². The number of ether oxygens (including phenoxy) is 1. The summed E-state index contributed by atoms with van der Waals surface area (Å²) in [5, 5.41) is 34.7. The Bertz CT molecular complexity index is 297. The first-order valence-corrected chi connectivity index (χ1v) is 4.26. The first-order valence-electron chi connectivity index (χ1n) is 4.26. The number of carbonyl (C=O) groups excluding carboxylic acids is 1. The summed E-state index contributed by atoms with van der Waals surface area (Å²) in [6, 6.07) is 0. The number of esters is 1. The summed E-state index contributed by atoms with van der Waals surface area (Å²) in [7, 11) is 0. The molecule has 0 amide bonds. The number of carbonyl (C=O) groups is 3. The van der Waals surface area contributed by atoms with Gasteiger partial charge in [-0.1, -0.05) is 0 Å². The van der Waals surface area contributed by atoms with Crippen molar-refractivity contribution in [2.45, 2.75) is 18.4 Å². The Morgan fingerprint density at radius 1 is 1.18 bits per heavy atom. The van der Waals surface area contributed by atoms with Crippen LogP contribution in [0.25, 0.3) is 0 Å². The van der Waals surface area contributed by atoms with Crippen molar-refractivity contribution >= 4 is 17.9 Å². The number of carboxylic acid groups (broad SMARTS) is 2. The molecule has 8 nitrogen and oxygen atoms in total. The topological polar surface area (TPSA) is 141 Å². The van der Waals surface area contributed by atoms with Crippen LogP contribution in [0.1, 0.15) is 14.3 Å². The molecule has 0 bridgehead atoms. The van der Waals surface area contributed by atoms with Gasteiger partial charge in [0.15, 0.2) is 5.60 Å². The first kappa shape index (κ1) is 18.7. The van der Waals surface area contributed by atoms with Gasteiger partial charge in [0, 0.05) is 0 Å². The minimum absolute atomic E-state index is 0. The molecule has 0 aliphatic rings. The minimum Gasteiger partial charge on any atom is -1.00 e. The quantitative estimate of drug-likeness (QED) is 0.264. The predicted molar refractivity (Wildman–Crippen MR) is 48.6 cm³/mol. The molecule has 1 unspecified atom stereocenters. The molecule has 0 aliphatic heterocycles. The molecule has 1 atom stereocenters. The molecule has 0 fully saturated rings. The van der Waals surface area contributed by atoms with Gasteiger partial charge in [0.1, 0.15) is 6.61 Å². The number of hydrogen-bond donors (Lipinski definition) is 4. The molecule has 0 rings (SSSR count). The van der Waals surface area contributed by atoms with E-state index in [1.54, 1.807) is 0 Å². The summed E-state index contributed by atoms with van der Waals surface area (Å²) in [6.45, 7) is -0.794. The van der Waals surface area contributed by atoms with Gasteiger partial charge in [0.05, 0.1) is 19.4 Å². The second-order valence-corrected chi connectivity index (χ2v) is 3.03. The van der Waals surface area contributed by atoms with Crippen molar-refractivity contribution in [1.82, 2.24) is 0 Å². The number of hydrogen-bond acceptors (Lipinski definition) is 6. The van der Waals surface area contributed by atoms with Crippen molar-refractivity contribution in [3.05, 3.63) is 0 Å². The third-order valence-corrected chi connectivity index (χ3v) is 1.63. The molecule has 0 aromatic rings. The molecular formula is C8H13NaO8. The summed E-state index contributed by atoms with van der Waals surface area (Å²) >= 11 is 0. The summed E-state index contributed by atoms with van der Waals surface area (Å²) < 4.78 is 4.31. The number of aliphatic hydroxyl groups excluding tert-OH is 1. The Hall–Kier alpha value is -0.670. The van der Waals surface area contributed by atoms with Gasteiger partial charge in [-0.15, -0.1) is 0 Å². The second-order valence-electron chi connectivity index (χ2n) is 3.03. The third-order valence-electron chi connectivity index (χ3n) is 1.63. The minimum atomic E-state index is -2.70. The molecule has 0 aliphatic carbocycles. The molecule has 17 heavy (non-hydrogen) atoms. The Labute approximate surface area is 120 Å². The van der Waals surface area contributed by atoms with E-state index >= 15 is 0 Å². The zero-order valence-corrected chi connectivity index (χ0v) is 11.3. The third kappa shape index (κ3) is 7.29. The molecule has 0 radical (unpaired) electrons. The maximum absolute atomic E-state index is 11.0. The van der Waals surface area contributed by atoms with Crippen LogP contribution in [-0.2, 0) is 19.1 Å². The SMILES string of the molecule is O=C(O)CC(O)(CC(=O)OCCO)C(=O)O.[H-].[Na+]. The van der Waals surface area contributed by atoms with E-state index in [0.717, 1.165) is 0 Å². The van der Waals surface area contributed by atoms with Gasteiger partial charge in [-0.2, -0.15) is 0 Å². The number of carboxylic acids is 2. The molecular weight excluding hydrogens is 247 g/mol. The number of rotatable bonds is 7. The monoisotopic (exact) mass is 260 g/mol. The van der Waals surface area contributed by atoms with Crippen LogP contribution in [0.5, 0.6) is 0 Å². The Morgan fingerprint density at radius 2 is 1.71 bits per heavy atom. The second kappa shape index (κ2) is 8.43. The smallest absolute Gasteiger partial charge is 1.00 e. The predicted octanol–water partition coefficient (Wildman–Crippen LogP) is -4.68. The van der Waals surface area contributed by atoms with E-state index < -0.39 is 43.0 Å². The van der Waals surface area contributed by atoms with Crippen LogP contribution >= 0.6 is 0 Å². The van der Waals surface area contributed by atoms with Gasteiger partial charge >= 0.3 is 47.5 Å². The molecule has 0 spiro atoms. The standard InChI is InChI=1S/C8H12O8.Na.H/c9-1-2-16-6(12)4-8(15,7(13)14)3-5(10)11;;/h9,15H,1-4H2,(H,10,11)(H,13,14);;/q;+1;-1. The Balaban J connectivity index is -0.00000112. The summed E-state index contributed by atoms with van der Waals surface area (Å²) in [5.74, 6) is -4.48. The van der Waals surface area contributed by atoms with Gasteiger partial charge in [0.25, 0.3) is 0 Å². The van der Waals surface area contributed by atoms with Gasteiger partial charge in [-0.25, -0.2) is 4.79 Å². The number of aliphatic carboxylic acids is 2. The van der Waals surface area contributed by atoms with E-state index in [1.807, 2.05) is 0 Å². The van der Waals surface area contributed by atoms with Crippen molar-refractivity contribution in [2.24, 2.45) is 0 Å². The maximum Gasteiger partial charge on any atom is 1.00 e. The van der Waals surface area contributed by atoms with E-state index in [2.05, 4.69) is 4.74 Å². The van der Waals surface area contributed by atoms with Gasteiger partial charge < -0.3 is 26.6 Å². The largest absolute Gasteiger partial charge is 1.00 e. The average molecular weight is 260 g/mol. The Morgan fingerprint density at radius 3 is 2.06 bits per heavy atom. The molecule has 4 N–H and O–H groups in total. The maximum atomic E-state index is 11.0. The van der Waals surface area contributed by atoms with E-state index in [9.17, 15) is 19.5 Å². The molecule has 0 saturated heterocycles. The van der Waals surface area contributed by atoms with Crippen molar-refractivity contribution in [1.29, 1.82) is 0 Å². The van der Waals surface area contributed by atoms with E-state index in [0.29, 0.717) is 0 Å². The molecule has 0 heterocycles. The molecule has 9 heteroatoms. The van der Waals surface area contributed by atoms with Gasteiger partial charge in [-0.05, 0) is 0 Å². The normalized spacial score (nSPS) is 13.1. The van der Waals surface area contributed by atoms with Crippen molar-refractivity contribution < 1.29 is 70.5 Å². The van der Waals surface area contributed by atoms with Crippen molar-refractivity contribution in [3.63, 3.8) is 0 Å². The fraction of sp³-hybridized carbons (Fsp3) is 0.625. The van der Waals surface area contributed by atoms with E-state index in [-0.39, 0.29) is 37.6 Å². The van der Waals surface area contributed by atoms with Crippen LogP contribution in [0.2, 0.25) is 0 Å². The number of aliphatic hydroxyl groups is 2. The van der Waals surface area contributed by atoms with Gasteiger partial charge in [0.2, 0.25) is 0 Å². The van der Waals surface area contributed by atoms with Crippen molar-refractivity contribution in [3.8, 4) is 0 Å². The van der Waals surface area contributed by atoms with Crippen LogP contribution in [0.4, 0.5) is 0 Å².